The largest absolute Gasteiger partial charge is 0.348 e. The lowest BCUT2D eigenvalue weighted by atomic mass is 9.96. The molecule has 0 aliphatic carbocycles. The molecule has 2 rings (SSSR count). The second-order valence-electron chi connectivity index (χ2n) is 5.43. The minimum absolute atomic E-state index is 0.0188. The van der Waals surface area contributed by atoms with Gasteiger partial charge in [-0.05, 0) is 37.1 Å². The van der Waals surface area contributed by atoms with E-state index in [0.29, 0.717) is 31.5 Å². The Morgan fingerprint density at radius 2 is 1.77 bits per heavy atom. The van der Waals surface area contributed by atoms with Crippen molar-refractivity contribution in [1.29, 1.82) is 0 Å². The first kappa shape index (κ1) is 16.1. The number of halogens is 1. The Bertz CT molecular complexity index is 563. The fourth-order valence-electron chi connectivity index (χ4n) is 2.51. The van der Waals surface area contributed by atoms with Crippen LogP contribution in [0.1, 0.15) is 30.1 Å². The molecule has 1 fully saturated rings. The molecule has 1 aliphatic heterocycles. The first-order valence-corrected chi connectivity index (χ1v) is 7.29. The number of ketones is 1. The van der Waals surface area contributed by atoms with Crippen molar-refractivity contribution in [1.82, 2.24) is 10.2 Å². The Labute approximate surface area is 128 Å². The zero-order valence-electron chi connectivity index (χ0n) is 12.5. The Morgan fingerprint density at radius 1 is 1.18 bits per heavy atom. The second kappa shape index (κ2) is 7.15. The van der Waals surface area contributed by atoms with E-state index in [2.05, 4.69) is 5.32 Å². The van der Waals surface area contributed by atoms with Crippen LogP contribution in [0.4, 0.5) is 4.39 Å². The van der Waals surface area contributed by atoms with E-state index in [-0.39, 0.29) is 30.1 Å². The van der Waals surface area contributed by atoms with E-state index in [1.807, 2.05) is 0 Å². The highest BCUT2D eigenvalue weighted by atomic mass is 19.1. The van der Waals surface area contributed by atoms with Crippen LogP contribution in [0, 0.1) is 11.7 Å². The molecule has 0 aromatic heterocycles. The van der Waals surface area contributed by atoms with E-state index in [9.17, 15) is 18.8 Å². The highest BCUT2D eigenvalue weighted by molar-refractivity contribution is 5.99. The van der Waals surface area contributed by atoms with Crippen LogP contribution in [-0.2, 0) is 9.59 Å². The van der Waals surface area contributed by atoms with Gasteiger partial charge >= 0.3 is 0 Å². The van der Waals surface area contributed by atoms with Gasteiger partial charge in [-0.25, -0.2) is 4.39 Å². The van der Waals surface area contributed by atoms with Gasteiger partial charge in [0.1, 0.15) is 5.82 Å². The average molecular weight is 306 g/mol. The highest BCUT2D eigenvalue weighted by Gasteiger charge is 2.26. The number of likely N-dealkylation sites (tertiary alicyclic amines) is 1. The second-order valence-corrected chi connectivity index (χ2v) is 5.43. The Morgan fingerprint density at radius 3 is 2.32 bits per heavy atom. The lowest BCUT2D eigenvalue weighted by molar-refractivity contribution is -0.133. The number of rotatable bonds is 4. The van der Waals surface area contributed by atoms with Crippen LogP contribution in [0.5, 0.6) is 0 Å². The van der Waals surface area contributed by atoms with Crippen LogP contribution < -0.4 is 5.32 Å². The van der Waals surface area contributed by atoms with Gasteiger partial charge in [-0.3, -0.25) is 14.4 Å². The summed E-state index contributed by atoms with van der Waals surface area (Å²) in [6.45, 7) is 2.55. The molecule has 0 saturated carbocycles. The van der Waals surface area contributed by atoms with Crippen LogP contribution in [0.25, 0.3) is 0 Å². The molecule has 5 nitrogen and oxygen atoms in total. The molecule has 1 N–H and O–H groups in total. The van der Waals surface area contributed by atoms with Crippen molar-refractivity contribution in [3.8, 4) is 0 Å². The van der Waals surface area contributed by atoms with Gasteiger partial charge in [0.15, 0.2) is 5.78 Å². The predicted molar refractivity (Wildman–Crippen MR) is 78.7 cm³/mol. The molecule has 1 saturated heterocycles. The number of carbonyl (C=O) groups excluding carboxylic acids is 3. The summed E-state index contributed by atoms with van der Waals surface area (Å²) in [4.78, 5) is 36.9. The van der Waals surface area contributed by atoms with Crippen molar-refractivity contribution in [3.05, 3.63) is 35.6 Å². The van der Waals surface area contributed by atoms with Gasteiger partial charge in [0.25, 0.3) is 0 Å². The summed E-state index contributed by atoms with van der Waals surface area (Å²) in [5, 5.41) is 2.62. The fourth-order valence-corrected chi connectivity index (χ4v) is 2.51. The normalized spacial score (nSPS) is 15.5. The monoisotopic (exact) mass is 306 g/mol. The number of carbonyl (C=O) groups is 3. The number of nitrogens with zero attached hydrogens (tertiary/aromatic N) is 1. The molecule has 0 bridgehead atoms. The standard InChI is InChI=1S/C16H19FN2O3/c1-11(20)19-8-6-13(7-9-19)16(22)18-10-15(21)12-2-4-14(17)5-3-12/h2-5,13H,6-10H2,1H3,(H,18,22). The van der Waals surface area contributed by atoms with E-state index in [4.69, 9.17) is 0 Å². The van der Waals surface area contributed by atoms with Gasteiger partial charge in [0, 0.05) is 31.5 Å². The number of benzene rings is 1. The quantitative estimate of drug-likeness (QED) is 0.855. The molecule has 6 heteroatoms. The molecule has 0 spiro atoms. The van der Waals surface area contributed by atoms with Crippen molar-refractivity contribution in [2.75, 3.05) is 19.6 Å². The maximum absolute atomic E-state index is 12.8. The summed E-state index contributed by atoms with van der Waals surface area (Å²) in [7, 11) is 0. The van der Waals surface area contributed by atoms with Crippen LogP contribution in [0.2, 0.25) is 0 Å². The maximum atomic E-state index is 12.8. The summed E-state index contributed by atoms with van der Waals surface area (Å²) < 4.78 is 12.8. The molecule has 22 heavy (non-hydrogen) atoms. The van der Waals surface area contributed by atoms with Gasteiger partial charge in [-0.15, -0.1) is 0 Å². The Kier molecular flexibility index (Phi) is 5.25. The Hall–Kier alpha value is -2.24. The molecule has 0 unspecified atom stereocenters. The molecular weight excluding hydrogens is 287 g/mol. The van der Waals surface area contributed by atoms with Crippen LogP contribution in [-0.4, -0.2) is 42.1 Å². The molecule has 1 aliphatic rings. The molecule has 1 heterocycles. The highest BCUT2D eigenvalue weighted by Crippen LogP contribution is 2.17. The zero-order chi connectivity index (χ0) is 16.1. The minimum atomic E-state index is -0.405. The first-order valence-electron chi connectivity index (χ1n) is 7.29. The summed E-state index contributed by atoms with van der Waals surface area (Å²) in [5.74, 6) is -0.979. The van der Waals surface area contributed by atoms with E-state index in [0.717, 1.165) is 0 Å². The summed E-state index contributed by atoms with van der Waals surface area (Å²) >= 11 is 0. The zero-order valence-corrected chi connectivity index (χ0v) is 12.5. The van der Waals surface area contributed by atoms with E-state index in [1.54, 1.807) is 4.90 Å². The number of piperidine rings is 1. The SMILES string of the molecule is CC(=O)N1CCC(C(=O)NCC(=O)c2ccc(F)cc2)CC1. The van der Waals surface area contributed by atoms with E-state index in [1.165, 1.54) is 31.2 Å². The van der Waals surface area contributed by atoms with Crippen molar-refractivity contribution in [2.24, 2.45) is 5.92 Å². The molecular formula is C16H19FN2O3. The summed E-state index contributed by atoms with van der Waals surface area (Å²) in [5.41, 5.74) is 0.369. The molecule has 0 atom stereocenters. The van der Waals surface area contributed by atoms with Gasteiger partial charge in [-0.2, -0.15) is 0 Å². The maximum Gasteiger partial charge on any atom is 0.223 e. The van der Waals surface area contributed by atoms with Gasteiger partial charge < -0.3 is 10.2 Å². The number of hydrogen-bond acceptors (Lipinski definition) is 3. The third kappa shape index (κ3) is 4.13. The minimum Gasteiger partial charge on any atom is -0.348 e. The number of hydrogen-bond donors (Lipinski definition) is 1. The lowest BCUT2D eigenvalue weighted by Gasteiger charge is -2.30. The molecule has 118 valence electrons. The van der Waals surface area contributed by atoms with Crippen LogP contribution in [0.3, 0.4) is 0 Å². The summed E-state index contributed by atoms with van der Waals surface area (Å²) in [6.07, 6.45) is 1.21. The van der Waals surface area contributed by atoms with E-state index >= 15 is 0 Å². The van der Waals surface area contributed by atoms with Gasteiger partial charge in [0.05, 0.1) is 6.54 Å². The lowest BCUT2D eigenvalue weighted by Crippen LogP contribution is -2.43. The predicted octanol–water partition coefficient (Wildman–Crippen LogP) is 1.38. The topological polar surface area (TPSA) is 66.5 Å². The van der Waals surface area contributed by atoms with Crippen LogP contribution >= 0.6 is 0 Å². The number of Topliss-reactive ketones (excluding diaryl/α,β-unsaturated/α-hetero) is 1. The van der Waals surface area contributed by atoms with Crippen molar-refractivity contribution in [2.45, 2.75) is 19.8 Å². The smallest absolute Gasteiger partial charge is 0.223 e. The molecule has 0 radical (unpaired) electrons. The molecule has 2 amide bonds. The average Bonchev–Trinajstić information content (AvgIpc) is 2.53. The third-order valence-corrected chi connectivity index (χ3v) is 3.90. The number of amides is 2. The summed E-state index contributed by atoms with van der Waals surface area (Å²) in [6, 6.07) is 5.23. The van der Waals surface area contributed by atoms with Gasteiger partial charge in [-0.1, -0.05) is 0 Å². The first-order chi connectivity index (χ1) is 10.5. The van der Waals surface area contributed by atoms with E-state index < -0.39 is 5.82 Å². The van der Waals surface area contributed by atoms with Crippen molar-refractivity contribution in [3.63, 3.8) is 0 Å². The van der Waals surface area contributed by atoms with Crippen molar-refractivity contribution < 1.29 is 18.8 Å². The number of nitrogens with one attached hydrogen (secondary N) is 1. The van der Waals surface area contributed by atoms with Crippen molar-refractivity contribution >= 4 is 17.6 Å². The fraction of sp³-hybridized carbons (Fsp3) is 0.438. The third-order valence-electron chi connectivity index (χ3n) is 3.90. The molecule has 1 aromatic rings. The molecule has 1 aromatic carbocycles. The Balaban J connectivity index is 1.79. The van der Waals surface area contributed by atoms with Crippen LogP contribution in [0.15, 0.2) is 24.3 Å². The van der Waals surface area contributed by atoms with Gasteiger partial charge in [0.2, 0.25) is 11.8 Å².